The molecule has 2 aromatic rings. The zero-order chi connectivity index (χ0) is 21.2. The molecule has 0 radical (unpaired) electrons. The third-order valence-electron chi connectivity index (χ3n) is 4.26. The van der Waals surface area contributed by atoms with Crippen molar-refractivity contribution in [3.05, 3.63) is 71.3 Å². The van der Waals surface area contributed by atoms with Gasteiger partial charge >= 0.3 is 5.97 Å². The number of amides is 2. The highest BCUT2D eigenvalue weighted by Gasteiger charge is 2.19. The van der Waals surface area contributed by atoms with Gasteiger partial charge in [-0.2, -0.15) is 0 Å². The number of aryl methyl sites for hydroxylation is 2. The van der Waals surface area contributed by atoms with Crippen LogP contribution in [-0.4, -0.2) is 30.4 Å². The monoisotopic (exact) mass is 394 g/mol. The second-order valence-corrected chi connectivity index (χ2v) is 6.67. The van der Waals surface area contributed by atoms with E-state index in [0.717, 1.165) is 22.4 Å². The highest BCUT2D eigenvalue weighted by Crippen LogP contribution is 2.19. The van der Waals surface area contributed by atoms with Crippen molar-refractivity contribution in [2.24, 2.45) is 0 Å². The lowest BCUT2D eigenvalue weighted by atomic mass is 10.1. The van der Waals surface area contributed by atoms with Crippen LogP contribution < -0.4 is 10.6 Å². The average Bonchev–Trinajstić information content (AvgIpc) is 2.70. The van der Waals surface area contributed by atoms with Crippen LogP contribution in [0.15, 0.2) is 54.6 Å². The molecule has 6 nitrogen and oxygen atoms in total. The van der Waals surface area contributed by atoms with Crippen molar-refractivity contribution in [2.75, 3.05) is 11.9 Å². The second-order valence-electron chi connectivity index (χ2n) is 6.67. The van der Waals surface area contributed by atoms with Crippen LogP contribution in [0.1, 0.15) is 30.0 Å². The van der Waals surface area contributed by atoms with Crippen molar-refractivity contribution in [3.63, 3.8) is 0 Å². The Balaban J connectivity index is 1.73. The molecule has 1 atom stereocenters. The summed E-state index contributed by atoms with van der Waals surface area (Å²) in [6, 6.07) is 15.1. The number of carbonyl (C=O) groups is 3. The van der Waals surface area contributed by atoms with Gasteiger partial charge in [-0.25, -0.2) is 0 Å². The lowest BCUT2D eigenvalue weighted by Crippen LogP contribution is -2.32. The molecule has 6 heteroatoms. The van der Waals surface area contributed by atoms with Crippen LogP contribution in [0.4, 0.5) is 5.69 Å². The van der Waals surface area contributed by atoms with Crippen molar-refractivity contribution in [1.82, 2.24) is 5.32 Å². The van der Waals surface area contributed by atoms with E-state index >= 15 is 0 Å². The van der Waals surface area contributed by atoms with Crippen molar-refractivity contribution in [2.45, 2.75) is 33.3 Å². The lowest BCUT2D eigenvalue weighted by Gasteiger charge is -2.16. The summed E-state index contributed by atoms with van der Waals surface area (Å²) in [5.41, 5.74) is 3.50. The molecule has 0 unspecified atom stereocenters. The second kappa shape index (κ2) is 10.8. The van der Waals surface area contributed by atoms with Crippen LogP contribution in [0.25, 0.3) is 6.08 Å². The minimum Gasteiger partial charge on any atom is -0.452 e. The molecule has 2 aromatic carbocycles. The van der Waals surface area contributed by atoms with Gasteiger partial charge in [-0.05, 0) is 43.5 Å². The fourth-order valence-electron chi connectivity index (χ4n) is 2.63. The molecule has 0 aromatic heterocycles. The summed E-state index contributed by atoms with van der Waals surface area (Å²) in [4.78, 5) is 36.0. The Hall–Kier alpha value is -3.41. The molecule has 0 saturated heterocycles. The van der Waals surface area contributed by atoms with Crippen molar-refractivity contribution in [1.29, 1.82) is 0 Å². The van der Waals surface area contributed by atoms with Crippen LogP contribution in [0.5, 0.6) is 0 Å². The topological polar surface area (TPSA) is 84.5 Å². The van der Waals surface area contributed by atoms with E-state index in [4.69, 9.17) is 4.74 Å². The highest BCUT2D eigenvalue weighted by atomic mass is 16.5. The predicted octanol–water partition coefficient (Wildman–Crippen LogP) is 3.39. The van der Waals surface area contributed by atoms with E-state index in [1.807, 2.05) is 62.4 Å². The van der Waals surface area contributed by atoms with E-state index in [2.05, 4.69) is 10.6 Å². The van der Waals surface area contributed by atoms with Crippen LogP contribution in [-0.2, 0) is 19.1 Å². The molecule has 29 heavy (non-hydrogen) atoms. The number of anilines is 1. The van der Waals surface area contributed by atoms with Crippen molar-refractivity contribution in [3.8, 4) is 0 Å². The third kappa shape index (κ3) is 7.25. The molecular weight excluding hydrogens is 368 g/mol. The first-order valence-electron chi connectivity index (χ1n) is 9.44. The number of hydrogen-bond donors (Lipinski definition) is 2. The third-order valence-corrected chi connectivity index (χ3v) is 4.26. The minimum atomic E-state index is -0.935. The fourth-order valence-corrected chi connectivity index (χ4v) is 2.63. The van der Waals surface area contributed by atoms with E-state index in [9.17, 15) is 14.4 Å². The minimum absolute atomic E-state index is 0.0219. The molecule has 0 aliphatic rings. The molecular formula is C23H26N2O4. The molecule has 2 rings (SSSR count). The largest absolute Gasteiger partial charge is 0.452 e. The van der Waals surface area contributed by atoms with Crippen LogP contribution >= 0.6 is 0 Å². The summed E-state index contributed by atoms with van der Waals surface area (Å²) >= 11 is 0. The van der Waals surface area contributed by atoms with Gasteiger partial charge in [-0.1, -0.05) is 48.5 Å². The quantitative estimate of drug-likeness (QED) is 0.531. The predicted molar refractivity (Wildman–Crippen MR) is 113 cm³/mol. The SMILES string of the molecule is Cc1cccc(C)c1NC(=O)[C@H](C)OC(=O)CCNC(=O)/C=C/c1ccccc1. The standard InChI is InChI=1S/C23H26N2O4/c1-16-8-7-9-17(2)22(16)25-23(28)18(3)29-21(27)14-15-24-20(26)13-12-19-10-5-4-6-11-19/h4-13,18H,14-15H2,1-3H3,(H,24,26)(H,25,28)/b13-12+/t18-/m0/s1. The van der Waals surface area contributed by atoms with E-state index in [0.29, 0.717) is 0 Å². The van der Waals surface area contributed by atoms with E-state index in [-0.39, 0.29) is 18.9 Å². The lowest BCUT2D eigenvalue weighted by molar-refractivity contribution is -0.153. The zero-order valence-corrected chi connectivity index (χ0v) is 16.9. The normalized spacial score (nSPS) is 11.7. The number of rotatable bonds is 8. The number of esters is 1. The number of hydrogen-bond acceptors (Lipinski definition) is 4. The molecule has 0 fully saturated rings. The van der Waals surface area contributed by atoms with Gasteiger partial charge in [0.2, 0.25) is 5.91 Å². The van der Waals surface area contributed by atoms with E-state index in [1.54, 1.807) is 6.08 Å². The van der Waals surface area contributed by atoms with Crippen molar-refractivity contribution >= 4 is 29.5 Å². The molecule has 0 bridgehead atoms. The summed E-state index contributed by atoms with van der Waals surface area (Å²) < 4.78 is 5.15. The molecule has 2 amide bonds. The Morgan fingerprint density at radius 3 is 2.31 bits per heavy atom. The number of nitrogens with one attached hydrogen (secondary N) is 2. The van der Waals surface area contributed by atoms with Gasteiger partial charge in [-0.15, -0.1) is 0 Å². The molecule has 0 spiro atoms. The van der Waals surface area contributed by atoms with Gasteiger partial charge in [0.25, 0.3) is 5.91 Å². The first kappa shape index (κ1) is 21.9. The maximum atomic E-state index is 12.3. The summed E-state index contributed by atoms with van der Waals surface area (Å²) in [7, 11) is 0. The van der Waals surface area contributed by atoms with Crippen LogP contribution in [0.2, 0.25) is 0 Å². The van der Waals surface area contributed by atoms with E-state index in [1.165, 1.54) is 13.0 Å². The first-order chi connectivity index (χ1) is 13.9. The Labute approximate surface area is 171 Å². The van der Waals surface area contributed by atoms with Crippen molar-refractivity contribution < 1.29 is 19.1 Å². The Morgan fingerprint density at radius 1 is 1.00 bits per heavy atom. The smallest absolute Gasteiger partial charge is 0.308 e. The maximum absolute atomic E-state index is 12.3. The molecule has 0 saturated carbocycles. The molecule has 152 valence electrons. The molecule has 0 aliphatic carbocycles. The van der Waals surface area contributed by atoms with E-state index < -0.39 is 18.0 Å². The Kier molecular flexibility index (Phi) is 8.15. The summed E-state index contributed by atoms with van der Waals surface area (Å²) in [5, 5.41) is 5.41. The summed E-state index contributed by atoms with van der Waals surface area (Å²) in [6.45, 7) is 5.44. The van der Waals surface area contributed by atoms with Gasteiger partial charge < -0.3 is 15.4 Å². The Morgan fingerprint density at radius 2 is 1.66 bits per heavy atom. The molecule has 0 aliphatic heterocycles. The van der Waals surface area contributed by atoms with Crippen LogP contribution in [0, 0.1) is 13.8 Å². The average molecular weight is 394 g/mol. The van der Waals surface area contributed by atoms with Gasteiger partial charge in [0.05, 0.1) is 6.42 Å². The molecule has 0 heterocycles. The van der Waals surface area contributed by atoms with Gasteiger partial charge in [0, 0.05) is 18.3 Å². The molecule has 2 N–H and O–H groups in total. The number of benzene rings is 2. The highest BCUT2D eigenvalue weighted by molar-refractivity contribution is 5.96. The van der Waals surface area contributed by atoms with Crippen LogP contribution in [0.3, 0.4) is 0 Å². The number of carbonyl (C=O) groups excluding carboxylic acids is 3. The fraction of sp³-hybridized carbons (Fsp3) is 0.261. The Bertz CT molecular complexity index is 871. The first-order valence-corrected chi connectivity index (χ1v) is 9.44. The van der Waals surface area contributed by atoms with Gasteiger partial charge in [0.15, 0.2) is 6.10 Å². The summed E-state index contributed by atoms with van der Waals surface area (Å²) in [5.74, 6) is -1.26. The summed E-state index contributed by atoms with van der Waals surface area (Å²) in [6.07, 6.45) is 2.14. The van der Waals surface area contributed by atoms with Gasteiger partial charge in [-0.3, -0.25) is 14.4 Å². The number of para-hydroxylation sites is 1. The number of ether oxygens (including phenoxy) is 1. The zero-order valence-electron chi connectivity index (χ0n) is 16.9. The van der Waals surface area contributed by atoms with Gasteiger partial charge in [0.1, 0.15) is 0 Å². The maximum Gasteiger partial charge on any atom is 0.308 e.